The van der Waals surface area contributed by atoms with E-state index in [2.05, 4.69) is 0 Å². The summed E-state index contributed by atoms with van der Waals surface area (Å²) in [6.45, 7) is 3.99. The zero-order valence-corrected chi connectivity index (χ0v) is 11.7. The summed E-state index contributed by atoms with van der Waals surface area (Å²) in [6.07, 6.45) is 4.59. The Morgan fingerprint density at radius 3 is 2.32 bits per heavy atom. The number of aliphatic carboxylic acids is 1. The van der Waals surface area contributed by atoms with E-state index in [0.717, 1.165) is 37.0 Å². The molecule has 0 heterocycles. The molecule has 19 heavy (non-hydrogen) atoms. The summed E-state index contributed by atoms with van der Waals surface area (Å²) < 4.78 is 5.63. The second-order valence-corrected chi connectivity index (χ2v) is 5.75. The Hall–Kier alpha value is -1.51. The number of carbonyl (C=O) groups is 1. The molecule has 0 radical (unpaired) electrons. The van der Waals surface area contributed by atoms with Gasteiger partial charge in [0, 0.05) is 5.41 Å². The van der Waals surface area contributed by atoms with Gasteiger partial charge >= 0.3 is 5.97 Å². The van der Waals surface area contributed by atoms with Crippen LogP contribution in [0.2, 0.25) is 0 Å². The molecule has 0 aromatic heterocycles. The summed E-state index contributed by atoms with van der Waals surface area (Å²) in [5.74, 6) is 0.145. The fourth-order valence-electron chi connectivity index (χ4n) is 3.07. The van der Waals surface area contributed by atoms with Crippen LogP contribution in [0.4, 0.5) is 0 Å². The molecule has 0 unspecified atom stereocenters. The molecule has 1 N–H and O–H groups in total. The van der Waals surface area contributed by atoms with Gasteiger partial charge in [0.2, 0.25) is 0 Å². The van der Waals surface area contributed by atoms with Crippen molar-refractivity contribution < 1.29 is 14.6 Å². The quantitative estimate of drug-likeness (QED) is 0.878. The molecule has 1 fully saturated rings. The number of benzene rings is 1. The highest BCUT2D eigenvalue weighted by Crippen LogP contribution is 2.44. The fraction of sp³-hybridized carbons (Fsp3) is 0.562. The lowest BCUT2D eigenvalue weighted by atomic mass is 9.76. The third-order valence-electron chi connectivity index (χ3n) is 3.89. The maximum atomic E-state index is 11.1. The van der Waals surface area contributed by atoms with Crippen LogP contribution >= 0.6 is 0 Å². The van der Waals surface area contributed by atoms with E-state index in [9.17, 15) is 4.79 Å². The Bertz CT molecular complexity index is 428. The number of carboxylic acids is 1. The van der Waals surface area contributed by atoms with E-state index in [1.54, 1.807) is 0 Å². The van der Waals surface area contributed by atoms with E-state index >= 15 is 0 Å². The summed E-state index contributed by atoms with van der Waals surface area (Å²) in [5, 5.41) is 9.15. The monoisotopic (exact) mass is 262 g/mol. The van der Waals surface area contributed by atoms with Gasteiger partial charge in [-0.25, -0.2) is 0 Å². The topological polar surface area (TPSA) is 46.5 Å². The lowest BCUT2D eigenvalue weighted by Crippen LogP contribution is -2.25. The Morgan fingerprint density at radius 1 is 1.26 bits per heavy atom. The molecule has 104 valence electrons. The van der Waals surface area contributed by atoms with Crippen molar-refractivity contribution in [2.45, 2.75) is 57.5 Å². The van der Waals surface area contributed by atoms with Gasteiger partial charge in [0.15, 0.2) is 0 Å². The molecule has 1 aromatic rings. The maximum Gasteiger partial charge on any atom is 0.304 e. The number of carboxylic acid groups (broad SMARTS) is 1. The van der Waals surface area contributed by atoms with E-state index in [0.29, 0.717) is 0 Å². The van der Waals surface area contributed by atoms with Crippen LogP contribution < -0.4 is 4.74 Å². The molecule has 1 saturated carbocycles. The number of hydrogen-bond acceptors (Lipinski definition) is 2. The lowest BCUT2D eigenvalue weighted by molar-refractivity contribution is -0.138. The molecule has 0 atom stereocenters. The van der Waals surface area contributed by atoms with E-state index in [1.807, 2.05) is 38.1 Å². The van der Waals surface area contributed by atoms with Gasteiger partial charge < -0.3 is 9.84 Å². The summed E-state index contributed by atoms with van der Waals surface area (Å²) in [5.41, 5.74) is 0.978. The molecule has 0 spiro atoms. The number of hydrogen-bond donors (Lipinski definition) is 1. The van der Waals surface area contributed by atoms with Crippen molar-refractivity contribution in [3.63, 3.8) is 0 Å². The minimum atomic E-state index is -0.704. The van der Waals surface area contributed by atoms with Crippen LogP contribution in [0.1, 0.15) is 51.5 Å². The third kappa shape index (κ3) is 3.28. The average Bonchev–Trinajstić information content (AvgIpc) is 2.78. The molecule has 1 aliphatic rings. The first-order chi connectivity index (χ1) is 9.02. The standard InChI is InChI=1S/C16H22O3/c1-12(2)19-14-7-5-13(6-8-14)16(11-15(17)18)9-3-4-10-16/h5-8,12H,3-4,9-11H2,1-2H3,(H,17,18). The van der Waals surface area contributed by atoms with Gasteiger partial charge in [-0.3, -0.25) is 4.79 Å². The van der Waals surface area contributed by atoms with E-state index in [1.165, 1.54) is 0 Å². The van der Waals surface area contributed by atoms with Crippen LogP contribution in [0, 0.1) is 0 Å². The highest BCUT2D eigenvalue weighted by Gasteiger charge is 2.37. The van der Waals surface area contributed by atoms with E-state index in [-0.39, 0.29) is 17.9 Å². The van der Waals surface area contributed by atoms with Gasteiger partial charge in [0.25, 0.3) is 0 Å². The molecule has 3 heteroatoms. The predicted molar refractivity (Wildman–Crippen MR) is 74.6 cm³/mol. The molecule has 1 aliphatic carbocycles. The van der Waals surface area contributed by atoms with Crippen LogP contribution in [0.3, 0.4) is 0 Å². The minimum Gasteiger partial charge on any atom is -0.491 e. The largest absolute Gasteiger partial charge is 0.491 e. The highest BCUT2D eigenvalue weighted by atomic mass is 16.5. The lowest BCUT2D eigenvalue weighted by Gasteiger charge is -2.28. The molecule has 0 amide bonds. The normalized spacial score (nSPS) is 17.6. The Kier molecular flexibility index (Phi) is 4.13. The van der Waals surface area contributed by atoms with Crippen molar-refractivity contribution in [3.8, 4) is 5.75 Å². The first-order valence-electron chi connectivity index (χ1n) is 7.01. The smallest absolute Gasteiger partial charge is 0.304 e. The van der Waals surface area contributed by atoms with E-state index in [4.69, 9.17) is 9.84 Å². The maximum absolute atomic E-state index is 11.1. The van der Waals surface area contributed by atoms with Gasteiger partial charge in [0.1, 0.15) is 5.75 Å². The third-order valence-corrected chi connectivity index (χ3v) is 3.89. The Morgan fingerprint density at radius 2 is 1.84 bits per heavy atom. The molecular weight excluding hydrogens is 240 g/mol. The van der Waals surface area contributed by atoms with Crippen molar-refractivity contribution in [1.82, 2.24) is 0 Å². The number of rotatable bonds is 5. The molecule has 0 bridgehead atoms. The van der Waals surface area contributed by atoms with Crippen molar-refractivity contribution in [3.05, 3.63) is 29.8 Å². The van der Waals surface area contributed by atoms with Gasteiger partial charge in [0.05, 0.1) is 12.5 Å². The molecule has 0 aliphatic heterocycles. The second-order valence-electron chi connectivity index (χ2n) is 5.75. The first-order valence-corrected chi connectivity index (χ1v) is 7.01. The molecule has 2 rings (SSSR count). The van der Waals surface area contributed by atoms with Gasteiger partial charge in [-0.1, -0.05) is 25.0 Å². The van der Waals surface area contributed by atoms with Gasteiger partial charge in [-0.15, -0.1) is 0 Å². The summed E-state index contributed by atoms with van der Waals surface area (Å²) in [4.78, 5) is 11.1. The van der Waals surface area contributed by atoms with E-state index < -0.39 is 5.97 Å². The predicted octanol–water partition coefficient (Wildman–Crippen LogP) is 3.76. The molecule has 3 nitrogen and oxygen atoms in total. The molecular formula is C16H22O3. The molecule has 1 aromatic carbocycles. The Labute approximate surface area is 114 Å². The SMILES string of the molecule is CC(C)Oc1ccc(C2(CC(=O)O)CCCC2)cc1. The van der Waals surface area contributed by atoms with Gasteiger partial charge in [-0.2, -0.15) is 0 Å². The highest BCUT2D eigenvalue weighted by molar-refractivity contribution is 5.69. The average molecular weight is 262 g/mol. The zero-order chi connectivity index (χ0) is 13.9. The van der Waals surface area contributed by atoms with Crippen LogP contribution in [0.15, 0.2) is 24.3 Å². The van der Waals surface area contributed by atoms with Crippen LogP contribution in [0.25, 0.3) is 0 Å². The fourth-order valence-corrected chi connectivity index (χ4v) is 3.07. The van der Waals surface area contributed by atoms with Crippen LogP contribution in [0.5, 0.6) is 5.75 Å². The van der Waals surface area contributed by atoms with Crippen LogP contribution in [-0.4, -0.2) is 17.2 Å². The number of ether oxygens (including phenoxy) is 1. The van der Waals surface area contributed by atoms with Crippen molar-refractivity contribution in [2.24, 2.45) is 0 Å². The van der Waals surface area contributed by atoms with Gasteiger partial charge in [-0.05, 0) is 44.4 Å². The summed E-state index contributed by atoms with van der Waals surface area (Å²) in [6, 6.07) is 7.98. The van der Waals surface area contributed by atoms with Crippen LogP contribution in [-0.2, 0) is 10.2 Å². The summed E-state index contributed by atoms with van der Waals surface area (Å²) >= 11 is 0. The first kappa shape index (κ1) is 13.9. The summed E-state index contributed by atoms with van der Waals surface area (Å²) in [7, 11) is 0. The zero-order valence-electron chi connectivity index (χ0n) is 11.7. The second kappa shape index (κ2) is 5.64. The van der Waals surface area contributed by atoms with Crippen molar-refractivity contribution in [2.75, 3.05) is 0 Å². The van der Waals surface area contributed by atoms with Crippen molar-refractivity contribution in [1.29, 1.82) is 0 Å². The Balaban J connectivity index is 2.20. The van der Waals surface area contributed by atoms with Crippen molar-refractivity contribution >= 4 is 5.97 Å². The minimum absolute atomic E-state index is 0.158. The molecule has 0 saturated heterocycles.